The SMILES string of the molecule is [2H]N[C@H](C=O)Cc1ccccc1. The standard InChI is InChI=1S/C9H11NO/c10-9(7-11)6-8-4-2-1-3-5-8/h1-5,7,9H,6,10H2/t9-/m0/s1/i/hD. The highest BCUT2D eigenvalue weighted by Gasteiger charge is 1.99. The zero-order valence-electron chi connectivity index (χ0n) is 7.16. The Morgan fingerprint density at radius 1 is 1.55 bits per heavy atom. The molecule has 0 unspecified atom stereocenters. The van der Waals surface area contributed by atoms with Gasteiger partial charge in [0.1, 0.15) is 7.70 Å². The molecule has 0 amide bonds. The van der Waals surface area contributed by atoms with Crippen molar-refractivity contribution in [3.8, 4) is 0 Å². The van der Waals surface area contributed by atoms with Crippen molar-refractivity contribution < 1.29 is 6.21 Å². The van der Waals surface area contributed by atoms with Gasteiger partial charge in [-0.25, -0.2) is 0 Å². The molecule has 0 heterocycles. The maximum Gasteiger partial charge on any atom is 0.137 e. The molecule has 1 aromatic rings. The van der Waals surface area contributed by atoms with Gasteiger partial charge in [0.15, 0.2) is 0 Å². The summed E-state index contributed by atoms with van der Waals surface area (Å²) in [4.78, 5) is 10.4. The number of nitrogens with two attached hydrogens (primary N) is 1. The summed E-state index contributed by atoms with van der Waals surface area (Å²) < 4.78 is 6.83. The zero-order valence-corrected chi connectivity index (χ0v) is 6.16. The fourth-order valence-electron chi connectivity index (χ4n) is 0.916. The topological polar surface area (TPSA) is 43.1 Å². The average molecular weight is 150 g/mol. The monoisotopic (exact) mass is 150 g/mol. The molecule has 0 aliphatic rings. The lowest BCUT2D eigenvalue weighted by Gasteiger charge is -2.02. The predicted molar refractivity (Wildman–Crippen MR) is 44.2 cm³/mol. The van der Waals surface area contributed by atoms with E-state index < -0.39 is 6.04 Å². The summed E-state index contributed by atoms with van der Waals surface area (Å²) in [5.74, 6) is 0. The third-order valence-electron chi connectivity index (χ3n) is 1.46. The highest BCUT2D eigenvalue weighted by Crippen LogP contribution is 1.99. The van der Waals surface area contributed by atoms with E-state index in [2.05, 4.69) is 5.73 Å². The molecule has 2 heteroatoms. The first kappa shape index (κ1) is 6.55. The van der Waals surface area contributed by atoms with Gasteiger partial charge in [-0.3, -0.25) is 0 Å². The first-order valence-corrected chi connectivity index (χ1v) is 3.53. The third-order valence-corrected chi connectivity index (χ3v) is 1.46. The molecule has 2 N–H and O–H groups in total. The number of aldehydes is 1. The fourth-order valence-corrected chi connectivity index (χ4v) is 0.916. The minimum atomic E-state index is -0.396. The van der Waals surface area contributed by atoms with Gasteiger partial charge in [0, 0.05) is 0 Å². The van der Waals surface area contributed by atoms with E-state index in [0.29, 0.717) is 6.42 Å². The molecule has 2 nitrogen and oxygen atoms in total. The van der Waals surface area contributed by atoms with Crippen molar-refractivity contribution in [1.29, 1.82) is 0 Å². The smallest absolute Gasteiger partial charge is 0.137 e. The average Bonchev–Trinajstić information content (AvgIpc) is 2.16. The lowest BCUT2D eigenvalue weighted by molar-refractivity contribution is -0.108. The van der Waals surface area contributed by atoms with E-state index >= 15 is 0 Å². The summed E-state index contributed by atoms with van der Waals surface area (Å²) in [6.45, 7) is 0. The molecule has 1 aromatic carbocycles. The summed E-state index contributed by atoms with van der Waals surface area (Å²) in [5, 5.41) is 0. The van der Waals surface area contributed by atoms with Crippen molar-refractivity contribution >= 4 is 6.29 Å². The number of carbonyl (C=O) groups excluding carboxylic acids is 1. The summed E-state index contributed by atoms with van der Waals surface area (Å²) >= 11 is 0. The van der Waals surface area contributed by atoms with Crippen LogP contribution in [-0.2, 0) is 11.2 Å². The molecule has 0 aliphatic heterocycles. The second-order valence-corrected chi connectivity index (χ2v) is 2.43. The summed E-state index contributed by atoms with van der Waals surface area (Å²) in [5.41, 5.74) is 3.25. The number of rotatable bonds is 4. The molecule has 0 radical (unpaired) electrons. The van der Waals surface area contributed by atoms with Crippen LogP contribution in [0.5, 0.6) is 0 Å². The van der Waals surface area contributed by atoms with E-state index in [0.717, 1.165) is 11.8 Å². The Hall–Kier alpha value is -1.15. The zero-order chi connectivity index (χ0) is 8.81. The Kier molecular flexibility index (Phi) is 2.31. The van der Waals surface area contributed by atoms with Crippen molar-refractivity contribution in [2.75, 3.05) is 0 Å². The molecule has 0 saturated heterocycles. The van der Waals surface area contributed by atoms with Crippen LogP contribution in [0.4, 0.5) is 0 Å². The normalized spacial score (nSPS) is 13.6. The predicted octanol–water partition coefficient (Wildman–Crippen LogP) is 0.755. The van der Waals surface area contributed by atoms with Crippen LogP contribution in [0.15, 0.2) is 30.3 Å². The highest BCUT2D eigenvalue weighted by atomic mass is 16.1. The van der Waals surface area contributed by atoms with Crippen molar-refractivity contribution in [2.45, 2.75) is 12.5 Å². The van der Waals surface area contributed by atoms with Crippen molar-refractivity contribution in [3.05, 3.63) is 35.9 Å². The van der Waals surface area contributed by atoms with Gasteiger partial charge in [0.05, 0.1) is 6.04 Å². The van der Waals surface area contributed by atoms with E-state index in [1.54, 1.807) is 0 Å². The lowest BCUT2D eigenvalue weighted by atomic mass is 10.1. The second kappa shape index (κ2) is 3.88. The molecule has 0 saturated carbocycles. The van der Waals surface area contributed by atoms with Gasteiger partial charge >= 0.3 is 0 Å². The molecule has 1 atom stereocenters. The van der Waals surface area contributed by atoms with Gasteiger partial charge in [0.2, 0.25) is 0 Å². The second-order valence-electron chi connectivity index (χ2n) is 2.43. The van der Waals surface area contributed by atoms with Gasteiger partial charge in [-0.05, 0) is 12.0 Å². The number of carbonyl (C=O) groups is 1. The first-order chi connectivity index (χ1) is 5.86. The van der Waals surface area contributed by atoms with Crippen LogP contribution in [-0.4, -0.2) is 12.3 Å². The molecule has 1 rings (SSSR count). The molecule has 0 fully saturated rings. The summed E-state index contributed by atoms with van der Waals surface area (Å²) in [6, 6.07) is 9.24. The van der Waals surface area contributed by atoms with E-state index in [1.165, 1.54) is 0 Å². The van der Waals surface area contributed by atoms with E-state index in [9.17, 15) is 4.79 Å². The molecular formula is C9H11NO. The Morgan fingerprint density at radius 3 is 2.82 bits per heavy atom. The number of hydrogen-bond donors (Lipinski definition) is 1. The van der Waals surface area contributed by atoms with Crippen LogP contribution >= 0.6 is 0 Å². The van der Waals surface area contributed by atoms with Crippen LogP contribution in [0, 0.1) is 0 Å². The number of hydrogen-bond acceptors (Lipinski definition) is 2. The van der Waals surface area contributed by atoms with Gasteiger partial charge in [0.25, 0.3) is 0 Å². The maximum atomic E-state index is 10.4. The Labute approximate surface area is 67.5 Å². The quantitative estimate of drug-likeness (QED) is 0.644. The van der Waals surface area contributed by atoms with Gasteiger partial charge in [-0.15, -0.1) is 0 Å². The molecule has 58 valence electrons. The summed E-state index contributed by atoms with van der Waals surface area (Å²) in [6.07, 6.45) is 1.33. The fraction of sp³-hybridized carbons (Fsp3) is 0.222. The van der Waals surface area contributed by atoms with Crippen LogP contribution < -0.4 is 5.73 Å². The van der Waals surface area contributed by atoms with E-state index in [4.69, 9.17) is 1.41 Å². The van der Waals surface area contributed by atoms with Crippen LogP contribution in [0.1, 0.15) is 5.56 Å². The minimum Gasteiger partial charge on any atom is -0.321 e. The highest BCUT2D eigenvalue weighted by molar-refractivity contribution is 5.57. The molecule has 0 aromatic heterocycles. The van der Waals surface area contributed by atoms with E-state index in [-0.39, 0.29) is 0 Å². The Balaban J connectivity index is 2.56. The first-order valence-electron chi connectivity index (χ1n) is 4.03. The van der Waals surface area contributed by atoms with Crippen molar-refractivity contribution in [3.63, 3.8) is 0 Å². The minimum absolute atomic E-state index is 0.396. The van der Waals surface area contributed by atoms with Gasteiger partial charge in [-0.2, -0.15) is 0 Å². The number of benzene rings is 1. The molecule has 11 heavy (non-hydrogen) atoms. The van der Waals surface area contributed by atoms with Gasteiger partial charge < -0.3 is 10.5 Å². The third kappa shape index (κ3) is 2.51. The Morgan fingerprint density at radius 2 is 2.27 bits per heavy atom. The van der Waals surface area contributed by atoms with E-state index in [1.807, 2.05) is 30.3 Å². The molecular weight excluding hydrogens is 138 g/mol. The summed E-state index contributed by atoms with van der Waals surface area (Å²) in [7, 11) is 0. The largest absolute Gasteiger partial charge is 0.321 e. The Bertz CT molecular complexity index is 238. The van der Waals surface area contributed by atoms with Crippen LogP contribution in [0.3, 0.4) is 0 Å². The molecule has 0 bridgehead atoms. The van der Waals surface area contributed by atoms with Crippen LogP contribution in [0.25, 0.3) is 0 Å². The molecule has 0 aliphatic carbocycles. The molecule has 0 spiro atoms. The van der Waals surface area contributed by atoms with Gasteiger partial charge in [-0.1, -0.05) is 30.3 Å². The maximum absolute atomic E-state index is 10.4. The lowest BCUT2D eigenvalue weighted by Crippen LogP contribution is -2.23. The van der Waals surface area contributed by atoms with Crippen LogP contribution in [0.2, 0.25) is 1.41 Å². The van der Waals surface area contributed by atoms with Crippen molar-refractivity contribution in [2.24, 2.45) is 5.73 Å². The van der Waals surface area contributed by atoms with Crippen molar-refractivity contribution in [1.82, 2.24) is 0 Å².